The number of aryl methyl sites for hydroxylation is 1. The molecule has 0 unspecified atom stereocenters. The minimum absolute atomic E-state index is 0.0613. The molecule has 0 saturated carbocycles. The monoisotopic (exact) mass is 234 g/mol. The third-order valence-electron chi connectivity index (χ3n) is 2.70. The molecule has 0 radical (unpaired) electrons. The SMILES string of the molecule is CC(=O)c1cc(C(C)C)cc(C)c1OC(C)C. The summed E-state index contributed by atoms with van der Waals surface area (Å²) < 4.78 is 5.75. The second-order valence-electron chi connectivity index (χ2n) is 5.09. The molecule has 94 valence electrons. The Hall–Kier alpha value is -1.31. The molecule has 0 aliphatic heterocycles. The van der Waals surface area contributed by atoms with Gasteiger partial charge in [0, 0.05) is 0 Å². The zero-order chi connectivity index (χ0) is 13.2. The average molecular weight is 234 g/mol. The van der Waals surface area contributed by atoms with Crippen molar-refractivity contribution >= 4 is 5.78 Å². The molecule has 1 rings (SSSR count). The molecule has 2 heteroatoms. The summed E-state index contributed by atoms with van der Waals surface area (Å²) in [5, 5.41) is 0. The zero-order valence-electron chi connectivity index (χ0n) is 11.6. The minimum Gasteiger partial charge on any atom is -0.490 e. The van der Waals surface area contributed by atoms with Crippen LogP contribution in [0.1, 0.15) is 62.0 Å². The van der Waals surface area contributed by atoms with Crippen molar-refractivity contribution < 1.29 is 9.53 Å². The zero-order valence-corrected chi connectivity index (χ0v) is 11.6. The second-order valence-corrected chi connectivity index (χ2v) is 5.09. The van der Waals surface area contributed by atoms with Gasteiger partial charge in [-0.2, -0.15) is 0 Å². The van der Waals surface area contributed by atoms with E-state index in [-0.39, 0.29) is 11.9 Å². The van der Waals surface area contributed by atoms with Crippen molar-refractivity contribution in [1.82, 2.24) is 0 Å². The van der Waals surface area contributed by atoms with Gasteiger partial charge in [0.15, 0.2) is 5.78 Å². The number of hydrogen-bond donors (Lipinski definition) is 0. The largest absolute Gasteiger partial charge is 0.490 e. The van der Waals surface area contributed by atoms with Crippen molar-refractivity contribution in [2.45, 2.75) is 53.6 Å². The molecule has 2 nitrogen and oxygen atoms in total. The van der Waals surface area contributed by atoms with Crippen molar-refractivity contribution in [1.29, 1.82) is 0 Å². The van der Waals surface area contributed by atoms with Gasteiger partial charge in [-0.25, -0.2) is 0 Å². The third-order valence-corrected chi connectivity index (χ3v) is 2.70. The first kappa shape index (κ1) is 13.8. The number of ether oxygens (including phenoxy) is 1. The molecule has 1 aromatic carbocycles. The van der Waals surface area contributed by atoms with Crippen molar-refractivity contribution in [2.24, 2.45) is 0 Å². The molecule has 0 N–H and O–H groups in total. The topological polar surface area (TPSA) is 26.3 Å². The van der Waals surface area contributed by atoms with E-state index in [9.17, 15) is 4.79 Å². The van der Waals surface area contributed by atoms with Crippen LogP contribution in [0.3, 0.4) is 0 Å². The second kappa shape index (κ2) is 5.35. The van der Waals surface area contributed by atoms with Crippen molar-refractivity contribution in [3.05, 3.63) is 28.8 Å². The number of Topliss-reactive ketones (excluding diaryl/α,β-unsaturated/α-hetero) is 1. The van der Waals surface area contributed by atoms with Gasteiger partial charge in [0.2, 0.25) is 0 Å². The lowest BCUT2D eigenvalue weighted by molar-refractivity contribution is 0.101. The number of rotatable bonds is 4. The molecule has 0 aromatic heterocycles. The van der Waals surface area contributed by atoms with Gasteiger partial charge in [0.05, 0.1) is 11.7 Å². The normalized spacial score (nSPS) is 11.1. The maximum Gasteiger partial charge on any atom is 0.163 e. The summed E-state index contributed by atoms with van der Waals surface area (Å²) in [5.74, 6) is 1.21. The molecule has 1 aromatic rings. The van der Waals surface area contributed by atoms with Gasteiger partial charge in [-0.05, 0) is 50.8 Å². The smallest absolute Gasteiger partial charge is 0.163 e. The van der Waals surface area contributed by atoms with Gasteiger partial charge in [-0.3, -0.25) is 4.79 Å². The molecule has 0 spiro atoms. The van der Waals surface area contributed by atoms with Crippen LogP contribution in [0.4, 0.5) is 0 Å². The predicted molar refractivity (Wildman–Crippen MR) is 71.0 cm³/mol. The summed E-state index contributed by atoms with van der Waals surface area (Å²) in [6, 6.07) is 4.06. The Balaban J connectivity index is 3.33. The Morgan fingerprint density at radius 1 is 1.18 bits per heavy atom. The van der Waals surface area contributed by atoms with Gasteiger partial charge >= 0.3 is 0 Å². The molecule has 0 atom stereocenters. The van der Waals surface area contributed by atoms with Gasteiger partial charge in [-0.1, -0.05) is 19.9 Å². The molecule has 0 aliphatic carbocycles. The number of carbonyl (C=O) groups is 1. The van der Waals surface area contributed by atoms with Crippen LogP contribution >= 0.6 is 0 Å². The van der Waals surface area contributed by atoms with Crippen molar-refractivity contribution in [3.8, 4) is 5.75 Å². The lowest BCUT2D eigenvalue weighted by Crippen LogP contribution is -2.11. The number of benzene rings is 1. The first-order chi connectivity index (χ1) is 7.82. The highest BCUT2D eigenvalue weighted by Crippen LogP contribution is 2.29. The fraction of sp³-hybridized carbons (Fsp3) is 0.533. The third kappa shape index (κ3) is 3.32. The van der Waals surface area contributed by atoms with E-state index < -0.39 is 0 Å². The lowest BCUT2D eigenvalue weighted by Gasteiger charge is -2.18. The first-order valence-corrected chi connectivity index (χ1v) is 6.15. The van der Waals surface area contributed by atoms with Crippen LogP contribution in [0.5, 0.6) is 5.75 Å². The fourth-order valence-corrected chi connectivity index (χ4v) is 1.79. The molecular formula is C15H22O2. The molecule has 0 amide bonds. The highest BCUT2D eigenvalue weighted by molar-refractivity contribution is 5.97. The van der Waals surface area contributed by atoms with Crippen LogP contribution < -0.4 is 4.74 Å². The summed E-state index contributed by atoms with van der Waals surface area (Å²) in [4.78, 5) is 11.7. The average Bonchev–Trinajstić information content (AvgIpc) is 2.19. The number of ketones is 1. The quantitative estimate of drug-likeness (QED) is 0.733. The Morgan fingerprint density at radius 3 is 2.18 bits per heavy atom. The Morgan fingerprint density at radius 2 is 1.76 bits per heavy atom. The van der Waals surface area contributed by atoms with E-state index in [2.05, 4.69) is 19.9 Å². The van der Waals surface area contributed by atoms with E-state index in [1.54, 1.807) is 6.92 Å². The highest BCUT2D eigenvalue weighted by Gasteiger charge is 2.15. The van der Waals surface area contributed by atoms with Crippen molar-refractivity contribution in [2.75, 3.05) is 0 Å². The lowest BCUT2D eigenvalue weighted by atomic mass is 9.96. The summed E-state index contributed by atoms with van der Waals surface area (Å²) in [6.07, 6.45) is 0.0803. The molecule has 0 heterocycles. The number of carbonyl (C=O) groups excluding carboxylic acids is 1. The molecule has 0 fully saturated rings. The van der Waals surface area contributed by atoms with E-state index in [1.165, 1.54) is 5.56 Å². The minimum atomic E-state index is 0.0613. The summed E-state index contributed by atoms with van der Waals surface area (Å²) in [6.45, 7) is 11.8. The fourth-order valence-electron chi connectivity index (χ4n) is 1.79. The molecule has 0 bridgehead atoms. The summed E-state index contributed by atoms with van der Waals surface area (Å²) >= 11 is 0. The van der Waals surface area contributed by atoms with Crippen LogP contribution in [0.15, 0.2) is 12.1 Å². The van der Waals surface area contributed by atoms with E-state index in [4.69, 9.17) is 4.74 Å². The highest BCUT2D eigenvalue weighted by atomic mass is 16.5. The summed E-state index contributed by atoms with van der Waals surface area (Å²) in [7, 11) is 0. The van der Waals surface area contributed by atoms with Crippen molar-refractivity contribution in [3.63, 3.8) is 0 Å². The molecular weight excluding hydrogens is 212 g/mol. The molecule has 17 heavy (non-hydrogen) atoms. The Kier molecular flexibility index (Phi) is 4.33. The van der Waals surface area contributed by atoms with Crippen LogP contribution in [0.25, 0.3) is 0 Å². The van der Waals surface area contributed by atoms with E-state index in [0.717, 1.165) is 11.3 Å². The van der Waals surface area contributed by atoms with Gasteiger partial charge < -0.3 is 4.74 Å². The number of hydrogen-bond acceptors (Lipinski definition) is 2. The molecule has 0 saturated heterocycles. The van der Waals surface area contributed by atoms with Gasteiger partial charge in [0.1, 0.15) is 5.75 Å². The summed E-state index contributed by atoms with van der Waals surface area (Å²) in [5.41, 5.74) is 2.92. The maximum absolute atomic E-state index is 11.7. The van der Waals surface area contributed by atoms with Crippen LogP contribution in [-0.2, 0) is 0 Å². The van der Waals surface area contributed by atoms with E-state index in [0.29, 0.717) is 11.5 Å². The predicted octanol–water partition coefficient (Wildman–Crippen LogP) is 4.11. The Labute approximate surface area is 104 Å². The standard InChI is InChI=1S/C15H22O2/c1-9(2)13-7-11(5)15(17-10(3)4)14(8-13)12(6)16/h7-10H,1-6H3. The van der Waals surface area contributed by atoms with Crippen LogP contribution in [0, 0.1) is 6.92 Å². The first-order valence-electron chi connectivity index (χ1n) is 6.15. The van der Waals surface area contributed by atoms with E-state index >= 15 is 0 Å². The Bertz CT molecular complexity index is 417. The van der Waals surface area contributed by atoms with Gasteiger partial charge in [0.25, 0.3) is 0 Å². The van der Waals surface area contributed by atoms with E-state index in [1.807, 2.05) is 26.8 Å². The molecule has 0 aliphatic rings. The van der Waals surface area contributed by atoms with Gasteiger partial charge in [-0.15, -0.1) is 0 Å². The van der Waals surface area contributed by atoms with Crippen LogP contribution in [0.2, 0.25) is 0 Å². The van der Waals surface area contributed by atoms with Crippen LogP contribution in [-0.4, -0.2) is 11.9 Å². The maximum atomic E-state index is 11.7.